The van der Waals surface area contributed by atoms with E-state index in [4.69, 9.17) is 57.2 Å². The second kappa shape index (κ2) is 39.1. The van der Waals surface area contributed by atoms with E-state index in [0.717, 1.165) is 12.8 Å². The Balaban J connectivity index is 3.08. The molecule has 13 nitrogen and oxygen atoms in total. The maximum atomic E-state index is 11.6. The van der Waals surface area contributed by atoms with Gasteiger partial charge in [-0.1, -0.05) is 32.6 Å². The van der Waals surface area contributed by atoms with Crippen LogP contribution in [0.1, 0.15) is 45.4 Å². The van der Waals surface area contributed by atoms with Crippen LogP contribution in [0.4, 0.5) is 0 Å². The first-order valence-corrected chi connectivity index (χ1v) is 15.8. The lowest BCUT2D eigenvalue weighted by atomic mass is 10.1. The highest BCUT2D eigenvalue weighted by atomic mass is 16.6. The van der Waals surface area contributed by atoms with Gasteiger partial charge in [-0.2, -0.15) is 0 Å². The molecular weight excluding hydrogens is 568 g/mol. The molecule has 0 heterocycles. The average Bonchev–Trinajstić information content (AvgIpc) is 3.01. The summed E-state index contributed by atoms with van der Waals surface area (Å²) < 4.78 is 59.0. The summed E-state index contributed by atoms with van der Waals surface area (Å²) in [6.07, 6.45) is 6.07. The third-order valence-electron chi connectivity index (χ3n) is 5.56. The number of hydrogen-bond acceptors (Lipinski definition) is 13. The summed E-state index contributed by atoms with van der Waals surface area (Å²) in [4.78, 5) is 11.6. The summed E-state index contributed by atoms with van der Waals surface area (Å²) in [5, 5.41) is 8.57. The van der Waals surface area contributed by atoms with Crippen LogP contribution >= 0.6 is 0 Å². The average molecular weight is 629 g/mol. The van der Waals surface area contributed by atoms with Gasteiger partial charge < -0.3 is 57.2 Å². The number of carbonyl (C=O) groups is 1. The minimum absolute atomic E-state index is 0.0238. The molecule has 0 unspecified atom stereocenters. The fourth-order valence-corrected chi connectivity index (χ4v) is 3.31. The second-order valence-electron chi connectivity index (χ2n) is 9.23. The number of esters is 1. The van der Waals surface area contributed by atoms with Gasteiger partial charge in [0.1, 0.15) is 6.61 Å². The molecule has 0 radical (unpaired) electrons. The molecule has 0 aliphatic rings. The van der Waals surface area contributed by atoms with Crippen LogP contribution in [-0.2, 0) is 56.9 Å². The van der Waals surface area contributed by atoms with Crippen LogP contribution in [0, 0.1) is 0 Å². The van der Waals surface area contributed by atoms with Gasteiger partial charge >= 0.3 is 5.97 Å². The minimum Gasteiger partial charge on any atom is -0.463 e. The Kier molecular flexibility index (Phi) is 38.2. The molecule has 0 amide bonds. The molecule has 0 bridgehead atoms. The Morgan fingerprint density at radius 3 is 0.977 bits per heavy atom. The molecule has 0 aromatic carbocycles. The van der Waals surface area contributed by atoms with Crippen molar-refractivity contribution >= 4 is 5.97 Å². The zero-order valence-corrected chi connectivity index (χ0v) is 26.6. The molecule has 0 atom stereocenters. The smallest absolute Gasteiger partial charge is 0.305 e. The van der Waals surface area contributed by atoms with Crippen molar-refractivity contribution in [2.45, 2.75) is 45.4 Å². The number of carbonyl (C=O) groups excluding carboxylic acids is 1. The highest BCUT2D eigenvalue weighted by Gasteiger charge is 2.02. The Labute approximate surface area is 259 Å². The van der Waals surface area contributed by atoms with Crippen LogP contribution in [0.3, 0.4) is 0 Å². The lowest BCUT2D eigenvalue weighted by Crippen LogP contribution is -2.15. The molecule has 0 spiro atoms. The fourth-order valence-electron chi connectivity index (χ4n) is 3.31. The van der Waals surface area contributed by atoms with Gasteiger partial charge in [0.15, 0.2) is 0 Å². The van der Waals surface area contributed by atoms with E-state index in [1.807, 2.05) is 0 Å². The number of hydrogen-bond donors (Lipinski definition) is 1. The van der Waals surface area contributed by atoms with Crippen LogP contribution in [0.15, 0.2) is 0 Å². The summed E-state index contributed by atoms with van der Waals surface area (Å²) in [7, 11) is 0. The van der Waals surface area contributed by atoms with E-state index < -0.39 is 0 Å². The van der Waals surface area contributed by atoms with Crippen molar-refractivity contribution in [3.8, 4) is 0 Å². The molecule has 0 fully saturated rings. The number of unbranched alkanes of at least 4 members (excludes halogenated alkanes) is 4. The van der Waals surface area contributed by atoms with Crippen LogP contribution in [0.2, 0.25) is 0 Å². The maximum Gasteiger partial charge on any atom is 0.305 e. The molecule has 1 N–H and O–H groups in total. The van der Waals surface area contributed by atoms with E-state index in [-0.39, 0.29) is 19.2 Å². The van der Waals surface area contributed by atoms with Crippen LogP contribution < -0.4 is 0 Å². The first-order valence-electron chi connectivity index (χ1n) is 15.8. The third-order valence-corrected chi connectivity index (χ3v) is 5.56. The summed E-state index contributed by atoms with van der Waals surface area (Å²) in [5.41, 5.74) is 0. The van der Waals surface area contributed by atoms with E-state index >= 15 is 0 Å². The molecule has 0 aromatic rings. The highest BCUT2D eigenvalue weighted by Crippen LogP contribution is 2.05. The topological polar surface area (TPSA) is 139 Å². The van der Waals surface area contributed by atoms with E-state index in [1.165, 1.54) is 19.3 Å². The van der Waals surface area contributed by atoms with Crippen molar-refractivity contribution in [2.24, 2.45) is 0 Å². The Hall–Kier alpha value is -0.970. The molecule has 0 aliphatic carbocycles. The molecule has 0 aromatic heterocycles. The molecule has 0 saturated carbocycles. The molecular formula is C30H60O13. The van der Waals surface area contributed by atoms with E-state index in [9.17, 15) is 4.79 Å². The van der Waals surface area contributed by atoms with Gasteiger partial charge in [0.25, 0.3) is 0 Å². The molecule has 0 saturated heterocycles. The van der Waals surface area contributed by atoms with Crippen molar-refractivity contribution < 1.29 is 62.0 Å². The van der Waals surface area contributed by atoms with Gasteiger partial charge in [-0.05, 0) is 6.42 Å². The van der Waals surface area contributed by atoms with Gasteiger partial charge in [0.05, 0.1) is 139 Å². The standard InChI is InChI=1S/C30H60O13/c1-2-3-4-5-6-7-30(32)43-29-28-42-27-26-41-25-24-40-23-22-39-21-20-38-19-18-37-17-16-36-15-14-35-13-12-34-11-10-33-9-8-31/h31H,2-29H2,1H3. The maximum absolute atomic E-state index is 11.6. The van der Waals surface area contributed by atoms with Crippen LogP contribution in [0.25, 0.3) is 0 Å². The lowest BCUT2D eigenvalue weighted by molar-refractivity contribution is -0.145. The monoisotopic (exact) mass is 628 g/mol. The molecule has 0 rings (SSSR count). The van der Waals surface area contributed by atoms with Crippen molar-refractivity contribution in [1.82, 2.24) is 0 Å². The molecule has 0 aliphatic heterocycles. The predicted octanol–water partition coefficient (Wildman–Crippen LogP) is 2.05. The Morgan fingerprint density at radius 2 is 0.674 bits per heavy atom. The van der Waals surface area contributed by atoms with Crippen LogP contribution in [-0.4, -0.2) is 156 Å². The van der Waals surface area contributed by atoms with E-state index in [2.05, 4.69) is 6.92 Å². The van der Waals surface area contributed by atoms with Crippen molar-refractivity contribution in [3.63, 3.8) is 0 Å². The van der Waals surface area contributed by atoms with Gasteiger partial charge in [-0.3, -0.25) is 4.79 Å². The summed E-state index contributed by atoms with van der Waals surface area (Å²) in [5.74, 6) is -0.148. The summed E-state index contributed by atoms with van der Waals surface area (Å²) >= 11 is 0. The zero-order valence-electron chi connectivity index (χ0n) is 26.6. The lowest BCUT2D eigenvalue weighted by Gasteiger charge is -2.09. The molecule has 258 valence electrons. The summed E-state index contributed by atoms with van der Waals surface area (Å²) in [6, 6.07) is 0. The third kappa shape index (κ3) is 39.0. The second-order valence-corrected chi connectivity index (χ2v) is 9.23. The van der Waals surface area contributed by atoms with E-state index in [1.54, 1.807) is 0 Å². The van der Waals surface area contributed by atoms with E-state index in [0.29, 0.717) is 139 Å². The van der Waals surface area contributed by atoms with Gasteiger partial charge in [0.2, 0.25) is 0 Å². The number of ether oxygens (including phenoxy) is 11. The first-order chi connectivity index (χ1) is 21.3. The van der Waals surface area contributed by atoms with Gasteiger partial charge in [-0.25, -0.2) is 0 Å². The quantitative estimate of drug-likeness (QED) is 0.0789. The highest BCUT2D eigenvalue weighted by molar-refractivity contribution is 5.69. The van der Waals surface area contributed by atoms with Crippen molar-refractivity contribution in [2.75, 3.05) is 145 Å². The minimum atomic E-state index is -0.148. The number of aliphatic hydroxyl groups is 1. The summed E-state index contributed by atoms with van der Waals surface area (Å²) in [6.45, 7) is 12.0. The normalized spacial score (nSPS) is 11.4. The van der Waals surface area contributed by atoms with Crippen molar-refractivity contribution in [1.29, 1.82) is 0 Å². The Morgan fingerprint density at radius 1 is 0.395 bits per heavy atom. The largest absolute Gasteiger partial charge is 0.463 e. The molecule has 13 heteroatoms. The zero-order chi connectivity index (χ0) is 31.2. The first kappa shape index (κ1) is 42.0. The number of aliphatic hydroxyl groups excluding tert-OH is 1. The Bertz CT molecular complexity index is 528. The van der Waals surface area contributed by atoms with Crippen LogP contribution in [0.5, 0.6) is 0 Å². The van der Waals surface area contributed by atoms with Gasteiger partial charge in [0, 0.05) is 6.42 Å². The predicted molar refractivity (Wildman–Crippen MR) is 160 cm³/mol. The fraction of sp³-hybridized carbons (Fsp3) is 0.967. The SMILES string of the molecule is CCCCCCCC(=O)OCCOCCOCCOCCOCCOCCOCCOCCOCCOCCOCCO. The van der Waals surface area contributed by atoms with Gasteiger partial charge in [-0.15, -0.1) is 0 Å². The molecule has 43 heavy (non-hydrogen) atoms. The number of rotatable bonds is 38. The van der Waals surface area contributed by atoms with Crippen molar-refractivity contribution in [3.05, 3.63) is 0 Å².